The molecule has 0 N–H and O–H groups in total. The molecule has 0 bridgehead atoms. The molecule has 0 heterocycles. The molecule has 1 atom stereocenters. The third-order valence-corrected chi connectivity index (χ3v) is 12.4. The summed E-state index contributed by atoms with van der Waals surface area (Å²) < 4.78 is 16.9. The van der Waals surface area contributed by atoms with Gasteiger partial charge in [-0.2, -0.15) is 0 Å². The van der Waals surface area contributed by atoms with Crippen molar-refractivity contribution in [3.8, 4) is 0 Å². The molecule has 0 radical (unpaired) electrons. The molecular formula is C63H108O6. The molecule has 0 aromatic heterocycles. The molecule has 6 heteroatoms. The van der Waals surface area contributed by atoms with Crippen molar-refractivity contribution >= 4 is 17.9 Å². The van der Waals surface area contributed by atoms with Crippen molar-refractivity contribution in [2.24, 2.45) is 0 Å². The van der Waals surface area contributed by atoms with Crippen molar-refractivity contribution in [1.82, 2.24) is 0 Å². The summed E-state index contributed by atoms with van der Waals surface area (Å²) in [6, 6.07) is 0. The van der Waals surface area contributed by atoms with Crippen LogP contribution in [0.5, 0.6) is 0 Å². The van der Waals surface area contributed by atoms with Gasteiger partial charge in [0.15, 0.2) is 6.10 Å². The van der Waals surface area contributed by atoms with Crippen LogP contribution in [0.15, 0.2) is 85.1 Å². The van der Waals surface area contributed by atoms with Crippen LogP contribution < -0.4 is 0 Å². The second-order valence-corrected chi connectivity index (χ2v) is 19.2. The van der Waals surface area contributed by atoms with Crippen LogP contribution in [0.2, 0.25) is 0 Å². The molecule has 0 aliphatic heterocycles. The monoisotopic (exact) mass is 961 g/mol. The number of esters is 3. The molecule has 6 nitrogen and oxygen atoms in total. The van der Waals surface area contributed by atoms with Crippen molar-refractivity contribution in [2.45, 2.75) is 284 Å². The van der Waals surface area contributed by atoms with E-state index in [1.54, 1.807) is 0 Å². The fourth-order valence-electron chi connectivity index (χ4n) is 7.99. The predicted octanol–water partition coefficient (Wildman–Crippen LogP) is 19.5. The first kappa shape index (κ1) is 65.6. The Morgan fingerprint density at radius 1 is 0.304 bits per heavy atom. The maximum atomic E-state index is 12.9. The molecule has 0 saturated heterocycles. The zero-order valence-corrected chi connectivity index (χ0v) is 45.3. The standard InChI is InChI=1S/C63H108O6/c1-4-7-10-13-16-19-22-25-28-30-31-33-36-39-42-45-48-51-54-57-63(66)69-60(58-67-61(64)55-52-49-46-43-40-37-34-27-24-21-18-15-12-9-6-3)59-68-62(65)56-53-50-47-44-41-38-35-32-29-26-23-20-17-14-11-8-5-2/h9,12,16-21,25-29,34,60H,4-8,10-11,13-15,22-24,30-33,35-59H2,1-3H3/b12-9-,19-16-,20-17-,21-18-,28-25-,29-26-,34-27-/t60-/m1/s1. The van der Waals surface area contributed by atoms with E-state index in [0.717, 1.165) is 116 Å². The number of hydrogen-bond acceptors (Lipinski definition) is 6. The quantitative estimate of drug-likeness (QED) is 0.0262. The average Bonchev–Trinajstić information content (AvgIpc) is 3.35. The van der Waals surface area contributed by atoms with Crippen molar-refractivity contribution in [2.75, 3.05) is 13.2 Å². The summed E-state index contributed by atoms with van der Waals surface area (Å²) in [6.45, 7) is 6.47. The first-order valence-corrected chi connectivity index (χ1v) is 29.1. The van der Waals surface area contributed by atoms with Gasteiger partial charge in [0.2, 0.25) is 0 Å². The highest BCUT2D eigenvalue weighted by molar-refractivity contribution is 5.71. The third-order valence-electron chi connectivity index (χ3n) is 12.4. The number of rotatable bonds is 52. The van der Waals surface area contributed by atoms with E-state index in [-0.39, 0.29) is 31.1 Å². The minimum Gasteiger partial charge on any atom is -0.462 e. The molecule has 0 unspecified atom stereocenters. The zero-order valence-electron chi connectivity index (χ0n) is 45.3. The van der Waals surface area contributed by atoms with Gasteiger partial charge >= 0.3 is 17.9 Å². The summed E-state index contributed by atoms with van der Waals surface area (Å²) >= 11 is 0. The van der Waals surface area contributed by atoms with Crippen LogP contribution in [0.3, 0.4) is 0 Å². The summed E-state index contributed by atoms with van der Waals surface area (Å²) in [5, 5.41) is 0. The van der Waals surface area contributed by atoms with Gasteiger partial charge in [0, 0.05) is 19.3 Å². The molecule has 0 aliphatic rings. The fourth-order valence-corrected chi connectivity index (χ4v) is 7.99. The minimum atomic E-state index is -0.790. The number of unbranched alkanes of at least 4 members (excludes halogenated alkanes) is 27. The van der Waals surface area contributed by atoms with Gasteiger partial charge in [-0.3, -0.25) is 14.4 Å². The van der Waals surface area contributed by atoms with Gasteiger partial charge in [-0.15, -0.1) is 0 Å². The Hall–Kier alpha value is -3.41. The number of allylic oxidation sites excluding steroid dienone is 14. The summed E-state index contributed by atoms with van der Waals surface area (Å²) in [4.78, 5) is 38.2. The molecular weight excluding hydrogens is 853 g/mol. The van der Waals surface area contributed by atoms with Crippen LogP contribution in [0, 0.1) is 0 Å². The maximum absolute atomic E-state index is 12.9. The van der Waals surface area contributed by atoms with Crippen LogP contribution in [-0.4, -0.2) is 37.2 Å². The van der Waals surface area contributed by atoms with E-state index in [4.69, 9.17) is 14.2 Å². The van der Waals surface area contributed by atoms with Crippen LogP contribution in [0.1, 0.15) is 278 Å². The summed E-state index contributed by atoms with van der Waals surface area (Å²) in [6.07, 6.45) is 74.2. The summed E-state index contributed by atoms with van der Waals surface area (Å²) in [7, 11) is 0. The van der Waals surface area contributed by atoms with Crippen LogP contribution in [-0.2, 0) is 28.6 Å². The van der Waals surface area contributed by atoms with Crippen molar-refractivity contribution in [3.05, 3.63) is 85.1 Å². The van der Waals surface area contributed by atoms with E-state index in [0.29, 0.717) is 19.3 Å². The van der Waals surface area contributed by atoms with Crippen molar-refractivity contribution < 1.29 is 28.6 Å². The highest BCUT2D eigenvalue weighted by Crippen LogP contribution is 2.15. The highest BCUT2D eigenvalue weighted by Gasteiger charge is 2.19. The van der Waals surface area contributed by atoms with E-state index < -0.39 is 6.10 Å². The predicted molar refractivity (Wildman–Crippen MR) is 297 cm³/mol. The lowest BCUT2D eigenvalue weighted by atomic mass is 10.1. The Labute approximate surface area is 426 Å². The molecule has 0 spiro atoms. The first-order valence-electron chi connectivity index (χ1n) is 29.1. The van der Waals surface area contributed by atoms with E-state index in [2.05, 4.69) is 106 Å². The number of carbonyl (C=O) groups excluding carboxylic acids is 3. The summed E-state index contributed by atoms with van der Waals surface area (Å²) in [5.74, 6) is -0.910. The third kappa shape index (κ3) is 55.4. The maximum Gasteiger partial charge on any atom is 0.306 e. The first-order chi connectivity index (χ1) is 34.0. The number of ether oxygens (including phenoxy) is 3. The molecule has 0 amide bonds. The molecule has 0 aliphatic carbocycles. The Morgan fingerprint density at radius 2 is 0.565 bits per heavy atom. The summed E-state index contributed by atoms with van der Waals surface area (Å²) in [5.41, 5.74) is 0. The Morgan fingerprint density at radius 3 is 0.884 bits per heavy atom. The minimum absolute atomic E-state index is 0.0879. The second kappa shape index (κ2) is 57.2. The average molecular weight is 962 g/mol. The van der Waals surface area contributed by atoms with Gasteiger partial charge in [-0.25, -0.2) is 0 Å². The van der Waals surface area contributed by atoms with E-state index in [1.165, 1.54) is 122 Å². The molecule has 0 rings (SSSR count). The highest BCUT2D eigenvalue weighted by atomic mass is 16.6. The number of carbonyl (C=O) groups is 3. The molecule has 0 fully saturated rings. The normalized spacial score (nSPS) is 12.7. The van der Waals surface area contributed by atoms with Gasteiger partial charge in [0.05, 0.1) is 0 Å². The zero-order chi connectivity index (χ0) is 50.0. The Kier molecular flexibility index (Phi) is 54.3. The molecule has 0 saturated carbocycles. The van der Waals surface area contributed by atoms with Crippen molar-refractivity contribution in [3.63, 3.8) is 0 Å². The van der Waals surface area contributed by atoms with E-state index >= 15 is 0 Å². The SMILES string of the molecule is CC/C=C\C/C=C\C/C=C\CCCCCCCC(=O)OC[C@H](COC(=O)CCCCCCCCC/C=C\C/C=C\CCCCC)OC(=O)CCCCCCCCCCC/C=C\C/C=C\CCCCC. The Balaban J connectivity index is 4.42. The molecule has 0 aromatic rings. The largest absolute Gasteiger partial charge is 0.462 e. The van der Waals surface area contributed by atoms with E-state index in [1.807, 2.05) is 0 Å². The van der Waals surface area contributed by atoms with E-state index in [9.17, 15) is 14.4 Å². The lowest BCUT2D eigenvalue weighted by molar-refractivity contribution is -0.167. The van der Waals surface area contributed by atoms with Gasteiger partial charge in [0.25, 0.3) is 0 Å². The van der Waals surface area contributed by atoms with Gasteiger partial charge in [-0.1, -0.05) is 228 Å². The van der Waals surface area contributed by atoms with Gasteiger partial charge in [-0.05, 0) is 116 Å². The van der Waals surface area contributed by atoms with Crippen LogP contribution in [0.25, 0.3) is 0 Å². The Bertz CT molecular complexity index is 1330. The lowest BCUT2D eigenvalue weighted by Gasteiger charge is -2.18. The van der Waals surface area contributed by atoms with Gasteiger partial charge in [0.1, 0.15) is 13.2 Å². The molecule has 396 valence electrons. The molecule has 69 heavy (non-hydrogen) atoms. The second-order valence-electron chi connectivity index (χ2n) is 19.2. The fraction of sp³-hybridized carbons (Fsp3) is 0.730. The van der Waals surface area contributed by atoms with Gasteiger partial charge < -0.3 is 14.2 Å². The topological polar surface area (TPSA) is 78.9 Å². The van der Waals surface area contributed by atoms with Crippen LogP contribution in [0.4, 0.5) is 0 Å². The smallest absolute Gasteiger partial charge is 0.306 e. The molecule has 0 aromatic carbocycles. The lowest BCUT2D eigenvalue weighted by Crippen LogP contribution is -2.30. The number of hydrogen-bond donors (Lipinski definition) is 0. The van der Waals surface area contributed by atoms with Crippen molar-refractivity contribution in [1.29, 1.82) is 0 Å². The van der Waals surface area contributed by atoms with Crippen LogP contribution >= 0.6 is 0 Å².